The molecule has 5 nitrogen and oxygen atoms in total. The van der Waals surface area contributed by atoms with Crippen molar-refractivity contribution in [3.8, 4) is 5.75 Å². The van der Waals surface area contributed by atoms with Gasteiger partial charge in [0.1, 0.15) is 5.75 Å². The second-order valence-corrected chi connectivity index (χ2v) is 7.81. The van der Waals surface area contributed by atoms with Crippen LogP contribution in [-0.2, 0) is 6.42 Å². The molecule has 1 saturated carbocycles. The molecule has 1 aromatic carbocycles. The highest BCUT2D eigenvalue weighted by molar-refractivity contribution is 5.72. The van der Waals surface area contributed by atoms with Crippen LogP contribution in [0.5, 0.6) is 5.75 Å². The van der Waals surface area contributed by atoms with Crippen LogP contribution in [0.3, 0.4) is 0 Å². The van der Waals surface area contributed by atoms with Crippen LogP contribution in [0.4, 0.5) is 10.5 Å². The predicted octanol–water partition coefficient (Wildman–Crippen LogP) is 5.02. The van der Waals surface area contributed by atoms with Gasteiger partial charge >= 0.3 is 6.09 Å². The molecule has 1 unspecified atom stereocenters. The number of anilines is 1. The van der Waals surface area contributed by atoms with Crippen LogP contribution in [0.25, 0.3) is 0 Å². The Hall–Kier alpha value is -2.56. The second kappa shape index (κ2) is 8.63. The number of hydrogen-bond donors (Lipinski definition) is 1. The Bertz CT molecular complexity index is 803. The van der Waals surface area contributed by atoms with Crippen molar-refractivity contribution < 1.29 is 9.53 Å². The van der Waals surface area contributed by atoms with Crippen LogP contribution < -0.4 is 15.0 Å². The number of carbonyl (C=O) groups excluding carboxylic acids is 1. The van der Waals surface area contributed by atoms with Gasteiger partial charge in [0.2, 0.25) is 0 Å². The molecule has 1 atom stereocenters. The van der Waals surface area contributed by atoms with E-state index in [0.29, 0.717) is 11.8 Å². The van der Waals surface area contributed by atoms with E-state index < -0.39 is 0 Å². The van der Waals surface area contributed by atoms with Gasteiger partial charge in [0.25, 0.3) is 0 Å². The van der Waals surface area contributed by atoms with Crippen molar-refractivity contribution >= 4 is 11.8 Å². The summed E-state index contributed by atoms with van der Waals surface area (Å²) in [5.74, 6) is 0.630. The maximum absolute atomic E-state index is 12.2. The summed E-state index contributed by atoms with van der Waals surface area (Å²) >= 11 is 0. The van der Waals surface area contributed by atoms with Gasteiger partial charge in [-0.25, -0.2) is 4.79 Å². The Morgan fingerprint density at radius 1 is 1.21 bits per heavy atom. The highest BCUT2D eigenvalue weighted by Crippen LogP contribution is 2.38. The third-order valence-electron chi connectivity index (χ3n) is 5.97. The zero-order valence-electron chi connectivity index (χ0n) is 16.6. The first-order chi connectivity index (χ1) is 13.7. The molecule has 0 radical (unpaired) electrons. The first kappa shape index (κ1) is 18.8. The molecule has 1 aliphatic carbocycles. The number of nitrogens with zero attached hydrogens (tertiary/aromatic N) is 2. The Kier molecular flexibility index (Phi) is 5.79. The molecule has 0 bridgehead atoms. The van der Waals surface area contributed by atoms with Crippen LogP contribution in [0, 0.1) is 0 Å². The number of aromatic nitrogens is 1. The summed E-state index contributed by atoms with van der Waals surface area (Å²) in [5, 5.41) is 3.02. The SMILES string of the molecule is CCC(c1ccncc1)N1CCc2cc(OC(=O)NC3CCCCC3)ccc21. The molecule has 4 rings (SSSR count). The number of pyridine rings is 1. The van der Waals surface area contributed by atoms with Gasteiger partial charge in [-0.15, -0.1) is 0 Å². The van der Waals surface area contributed by atoms with Gasteiger partial charge in [-0.2, -0.15) is 0 Å². The van der Waals surface area contributed by atoms with Crippen molar-refractivity contribution in [1.29, 1.82) is 0 Å². The molecule has 1 aliphatic heterocycles. The van der Waals surface area contributed by atoms with Gasteiger partial charge in [0.05, 0.1) is 6.04 Å². The molecule has 0 spiro atoms. The number of ether oxygens (including phenoxy) is 1. The van der Waals surface area contributed by atoms with Crippen molar-refractivity contribution in [2.24, 2.45) is 0 Å². The normalized spacial score (nSPS) is 17.8. The minimum atomic E-state index is -0.329. The summed E-state index contributed by atoms with van der Waals surface area (Å²) in [6, 6.07) is 10.8. The molecule has 148 valence electrons. The third-order valence-corrected chi connectivity index (χ3v) is 5.97. The molecule has 5 heteroatoms. The zero-order chi connectivity index (χ0) is 19.3. The summed E-state index contributed by atoms with van der Waals surface area (Å²) < 4.78 is 5.57. The van der Waals surface area contributed by atoms with Gasteiger partial charge in [-0.1, -0.05) is 26.2 Å². The largest absolute Gasteiger partial charge is 0.412 e. The number of amides is 1. The zero-order valence-corrected chi connectivity index (χ0v) is 16.6. The van der Waals surface area contributed by atoms with E-state index in [9.17, 15) is 4.79 Å². The number of benzene rings is 1. The number of hydrogen-bond acceptors (Lipinski definition) is 4. The van der Waals surface area contributed by atoms with E-state index in [1.54, 1.807) is 0 Å². The third kappa shape index (κ3) is 4.13. The number of rotatable bonds is 5. The van der Waals surface area contributed by atoms with E-state index in [-0.39, 0.29) is 12.1 Å². The smallest absolute Gasteiger partial charge is 0.410 e. The number of carbonyl (C=O) groups is 1. The summed E-state index contributed by atoms with van der Waals surface area (Å²) in [4.78, 5) is 18.8. The minimum absolute atomic E-state index is 0.261. The lowest BCUT2D eigenvalue weighted by molar-refractivity contribution is 0.192. The van der Waals surface area contributed by atoms with Crippen LogP contribution >= 0.6 is 0 Å². The highest BCUT2D eigenvalue weighted by Gasteiger charge is 2.27. The summed E-state index contributed by atoms with van der Waals surface area (Å²) in [7, 11) is 0. The molecular weight excluding hydrogens is 350 g/mol. The van der Waals surface area contributed by atoms with Crippen molar-refractivity contribution in [3.05, 3.63) is 53.9 Å². The second-order valence-electron chi connectivity index (χ2n) is 7.81. The Morgan fingerprint density at radius 3 is 2.75 bits per heavy atom. The molecule has 1 amide bonds. The van der Waals surface area contributed by atoms with E-state index in [4.69, 9.17) is 4.74 Å². The van der Waals surface area contributed by atoms with Crippen LogP contribution in [0.1, 0.15) is 62.6 Å². The van der Waals surface area contributed by atoms with Gasteiger partial charge in [-0.3, -0.25) is 4.98 Å². The molecule has 2 aliphatic rings. The summed E-state index contributed by atoms with van der Waals surface area (Å²) in [6.07, 6.45) is 11.2. The minimum Gasteiger partial charge on any atom is -0.410 e. The van der Waals surface area contributed by atoms with Crippen LogP contribution in [0.15, 0.2) is 42.7 Å². The average molecular weight is 380 g/mol. The van der Waals surface area contributed by atoms with E-state index in [2.05, 4.69) is 40.3 Å². The fraction of sp³-hybridized carbons (Fsp3) is 0.478. The van der Waals surface area contributed by atoms with Crippen molar-refractivity contribution in [2.75, 3.05) is 11.4 Å². The fourth-order valence-corrected chi connectivity index (χ4v) is 4.56. The Labute approximate surface area is 167 Å². The van der Waals surface area contributed by atoms with Crippen molar-refractivity contribution in [2.45, 2.75) is 64.0 Å². The summed E-state index contributed by atoms with van der Waals surface area (Å²) in [5.41, 5.74) is 3.77. The fourth-order valence-electron chi connectivity index (χ4n) is 4.56. The quantitative estimate of drug-likeness (QED) is 0.793. The number of fused-ring (bicyclic) bond motifs is 1. The molecule has 1 aromatic heterocycles. The van der Waals surface area contributed by atoms with Crippen LogP contribution in [0.2, 0.25) is 0 Å². The lowest BCUT2D eigenvalue weighted by Crippen LogP contribution is -2.38. The first-order valence-corrected chi connectivity index (χ1v) is 10.5. The van der Waals surface area contributed by atoms with Crippen molar-refractivity contribution in [1.82, 2.24) is 10.3 Å². The standard InChI is InChI=1S/C23H29N3O2/c1-2-21(17-10-13-24-14-11-17)26-15-12-18-16-20(8-9-22(18)26)28-23(27)25-19-6-4-3-5-7-19/h8-11,13-14,16,19,21H,2-7,12,15H2,1H3,(H,25,27). The van der Waals surface area contributed by atoms with Gasteiger partial charge in [0, 0.05) is 30.7 Å². The molecule has 28 heavy (non-hydrogen) atoms. The van der Waals surface area contributed by atoms with Gasteiger partial charge < -0.3 is 15.0 Å². The Balaban J connectivity index is 1.43. The summed E-state index contributed by atoms with van der Waals surface area (Å²) in [6.45, 7) is 3.20. The molecule has 2 aromatic rings. The first-order valence-electron chi connectivity index (χ1n) is 10.5. The lowest BCUT2D eigenvalue weighted by Gasteiger charge is -2.30. The van der Waals surface area contributed by atoms with E-state index in [1.807, 2.05) is 24.5 Å². The monoisotopic (exact) mass is 379 g/mol. The maximum Gasteiger partial charge on any atom is 0.412 e. The topological polar surface area (TPSA) is 54.5 Å². The number of nitrogens with one attached hydrogen (secondary N) is 1. The highest BCUT2D eigenvalue weighted by atomic mass is 16.6. The molecule has 1 fully saturated rings. The van der Waals surface area contributed by atoms with E-state index >= 15 is 0 Å². The van der Waals surface area contributed by atoms with E-state index in [1.165, 1.54) is 36.1 Å². The molecule has 0 saturated heterocycles. The molecule has 1 N–H and O–H groups in total. The molecular formula is C23H29N3O2. The predicted molar refractivity (Wildman–Crippen MR) is 111 cm³/mol. The maximum atomic E-state index is 12.2. The van der Waals surface area contributed by atoms with Crippen LogP contribution in [-0.4, -0.2) is 23.7 Å². The van der Waals surface area contributed by atoms with Crippen molar-refractivity contribution in [3.63, 3.8) is 0 Å². The Morgan fingerprint density at radius 2 is 2.00 bits per heavy atom. The molecule has 2 heterocycles. The lowest BCUT2D eigenvalue weighted by atomic mass is 9.96. The van der Waals surface area contributed by atoms with Gasteiger partial charge in [0.15, 0.2) is 0 Å². The average Bonchev–Trinajstić information content (AvgIpc) is 3.13. The van der Waals surface area contributed by atoms with E-state index in [0.717, 1.165) is 32.2 Å². The van der Waals surface area contributed by atoms with Gasteiger partial charge in [-0.05, 0) is 67.1 Å².